The normalized spacial score (nSPS) is 25.6. The summed E-state index contributed by atoms with van der Waals surface area (Å²) in [6.07, 6.45) is 0.747. The number of amides is 1. The molecule has 0 spiro atoms. The summed E-state index contributed by atoms with van der Waals surface area (Å²) in [4.78, 5) is 18.8. The van der Waals surface area contributed by atoms with Crippen molar-refractivity contribution in [1.82, 2.24) is 4.90 Å². The van der Waals surface area contributed by atoms with Crippen LogP contribution in [0.2, 0.25) is 0 Å². The van der Waals surface area contributed by atoms with E-state index in [2.05, 4.69) is 4.99 Å². The number of hydrogen-bond acceptors (Lipinski definition) is 5. The molecule has 27 heavy (non-hydrogen) atoms. The Kier molecular flexibility index (Phi) is 5.59. The van der Waals surface area contributed by atoms with Gasteiger partial charge in [-0.2, -0.15) is 4.99 Å². The largest absolute Gasteiger partial charge is 0.497 e. The predicted molar refractivity (Wildman–Crippen MR) is 109 cm³/mol. The second-order valence-corrected chi connectivity index (χ2v) is 11.4. The maximum atomic E-state index is 12.4. The van der Waals surface area contributed by atoms with Crippen molar-refractivity contribution in [3.05, 3.63) is 29.8 Å². The van der Waals surface area contributed by atoms with Gasteiger partial charge in [0, 0.05) is 17.2 Å². The number of amidine groups is 1. The number of benzene rings is 1. The Morgan fingerprint density at radius 2 is 1.93 bits per heavy atom. The third-order valence-corrected chi connectivity index (χ3v) is 8.06. The van der Waals surface area contributed by atoms with Crippen molar-refractivity contribution in [2.24, 2.45) is 10.4 Å². The summed E-state index contributed by atoms with van der Waals surface area (Å²) in [7, 11) is -1.40. The van der Waals surface area contributed by atoms with Gasteiger partial charge in [-0.05, 0) is 24.1 Å². The van der Waals surface area contributed by atoms with E-state index in [0.717, 1.165) is 17.7 Å². The molecule has 1 aromatic rings. The molecule has 6 nitrogen and oxygen atoms in total. The summed E-state index contributed by atoms with van der Waals surface area (Å²) < 4.78 is 29.3. The first kappa shape index (κ1) is 20.2. The Labute approximate surface area is 165 Å². The molecule has 1 amide bonds. The van der Waals surface area contributed by atoms with Crippen LogP contribution in [-0.4, -0.2) is 60.8 Å². The summed E-state index contributed by atoms with van der Waals surface area (Å²) in [5.41, 5.74) is 0.575. The SMILES string of the molecule is COc1ccc(CCN2C(=NC(=O)C(C)(C)C)S[C@@H]3CS(=O)(=O)C[C@@H]32)cc1. The van der Waals surface area contributed by atoms with Gasteiger partial charge in [-0.1, -0.05) is 44.7 Å². The zero-order valence-corrected chi connectivity index (χ0v) is 17.8. The fourth-order valence-corrected chi connectivity index (χ4v) is 7.17. The maximum absolute atomic E-state index is 12.4. The van der Waals surface area contributed by atoms with Crippen molar-refractivity contribution in [1.29, 1.82) is 0 Å². The molecular weight excluding hydrogens is 384 g/mol. The van der Waals surface area contributed by atoms with Gasteiger partial charge in [-0.15, -0.1) is 0 Å². The Bertz CT molecular complexity index is 841. The standard InChI is InChI=1S/C19H26N2O4S2/c1-19(2,3)17(22)20-18-21(15-11-27(23,24)12-16(15)26-18)10-9-13-5-7-14(25-4)8-6-13/h5-8,15-16H,9-12H2,1-4H3/t15-,16+/m0/s1. The highest BCUT2D eigenvalue weighted by Gasteiger charge is 2.48. The second kappa shape index (κ2) is 7.47. The van der Waals surface area contributed by atoms with E-state index in [-0.39, 0.29) is 28.7 Å². The van der Waals surface area contributed by atoms with Crippen LogP contribution in [0.1, 0.15) is 26.3 Å². The lowest BCUT2D eigenvalue weighted by molar-refractivity contribution is -0.124. The van der Waals surface area contributed by atoms with Gasteiger partial charge in [0.15, 0.2) is 15.0 Å². The van der Waals surface area contributed by atoms with Gasteiger partial charge in [0.1, 0.15) is 5.75 Å². The Balaban J connectivity index is 1.79. The number of methoxy groups -OCH3 is 1. The Morgan fingerprint density at radius 3 is 2.52 bits per heavy atom. The first-order valence-corrected chi connectivity index (χ1v) is 11.7. The van der Waals surface area contributed by atoms with Crippen LogP contribution in [0.5, 0.6) is 5.75 Å². The molecule has 2 aliphatic rings. The minimum Gasteiger partial charge on any atom is -0.497 e. The highest BCUT2D eigenvalue weighted by atomic mass is 32.2. The van der Waals surface area contributed by atoms with Gasteiger partial charge in [0.2, 0.25) is 0 Å². The Morgan fingerprint density at radius 1 is 1.26 bits per heavy atom. The number of rotatable bonds is 4. The van der Waals surface area contributed by atoms with E-state index in [1.165, 1.54) is 11.8 Å². The first-order chi connectivity index (χ1) is 12.6. The summed E-state index contributed by atoms with van der Waals surface area (Å²) in [6.45, 7) is 6.15. The molecule has 2 fully saturated rings. The van der Waals surface area contributed by atoms with Gasteiger partial charge in [0.25, 0.3) is 5.91 Å². The monoisotopic (exact) mass is 410 g/mol. The number of carbonyl (C=O) groups excluding carboxylic acids is 1. The average Bonchev–Trinajstić information content (AvgIpc) is 3.04. The van der Waals surface area contributed by atoms with Crippen LogP contribution in [0.25, 0.3) is 0 Å². The highest BCUT2D eigenvalue weighted by Crippen LogP contribution is 2.38. The average molecular weight is 411 g/mol. The van der Waals surface area contributed by atoms with Crippen molar-refractivity contribution in [2.75, 3.05) is 25.2 Å². The lowest BCUT2D eigenvalue weighted by Gasteiger charge is -2.25. The summed E-state index contributed by atoms with van der Waals surface area (Å²) in [6, 6.07) is 7.72. The molecule has 2 atom stereocenters. The second-order valence-electron chi connectivity index (χ2n) is 8.04. The zero-order chi connectivity index (χ0) is 19.8. The molecule has 0 aliphatic carbocycles. The van der Waals surface area contributed by atoms with Gasteiger partial charge in [0.05, 0.1) is 24.7 Å². The van der Waals surface area contributed by atoms with E-state index in [9.17, 15) is 13.2 Å². The number of nitrogens with zero attached hydrogens (tertiary/aromatic N) is 2. The van der Waals surface area contributed by atoms with Crippen molar-refractivity contribution in [3.8, 4) is 5.75 Å². The minimum absolute atomic E-state index is 0.0441. The van der Waals surface area contributed by atoms with Gasteiger partial charge < -0.3 is 9.64 Å². The van der Waals surface area contributed by atoms with E-state index in [4.69, 9.17) is 4.74 Å². The molecule has 3 rings (SSSR count). The lowest BCUT2D eigenvalue weighted by atomic mass is 9.96. The third kappa shape index (κ3) is 4.66. The van der Waals surface area contributed by atoms with Crippen LogP contribution >= 0.6 is 11.8 Å². The zero-order valence-electron chi connectivity index (χ0n) is 16.1. The molecule has 8 heteroatoms. The van der Waals surface area contributed by atoms with E-state index in [1.54, 1.807) is 7.11 Å². The summed E-state index contributed by atoms with van der Waals surface area (Å²) in [5.74, 6) is 0.915. The molecule has 0 aromatic heterocycles. The topological polar surface area (TPSA) is 76.0 Å². The fourth-order valence-electron chi connectivity index (χ4n) is 3.19. The van der Waals surface area contributed by atoms with E-state index in [0.29, 0.717) is 11.7 Å². The molecule has 2 saturated heterocycles. The first-order valence-electron chi connectivity index (χ1n) is 8.99. The van der Waals surface area contributed by atoms with Crippen LogP contribution in [0, 0.1) is 5.41 Å². The van der Waals surface area contributed by atoms with Crippen LogP contribution in [0.15, 0.2) is 29.3 Å². The quantitative estimate of drug-likeness (QED) is 0.759. The van der Waals surface area contributed by atoms with Crippen LogP contribution in [0.3, 0.4) is 0 Å². The summed E-state index contributed by atoms with van der Waals surface area (Å²) >= 11 is 1.43. The smallest absolute Gasteiger partial charge is 0.253 e. The highest BCUT2D eigenvalue weighted by molar-refractivity contribution is 8.15. The minimum atomic E-state index is -3.03. The molecule has 0 unspecified atom stereocenters. The van der Waals surface area contributed by atoms with Crippen LogP contribution in [-0.2, 0) is 21.1 Å². The molecular formula is C19H26N2O4S2. The van der Waals surface area contributed by atoms with E-state index < -0.39 is 15.3 Å². The van der Waals surface area contributed by atoms with Gasteiger partial charge >= 0.3 is 0 Å². The molecule has 1 aromatic carbocycles. The summed E-state index contributed by atoms with van der Waals surface area (Å²) in [5, 5.41) is 0.616. The van der Waals surface area contributed by atoms with Crippen molar-refractivity contribution in [2.45, 2.75) is 38.5 Å². The maximum Gasteiger partial charge on any atom is 0.253 e. The molecule has 2 heterocycles. The lowest BCUT2D eigenvalue weighted by Crippen LogP contribution is -2.39. The number of hydrogen-bond donors (Lipinski definition) is 0. The van der Waals surface area contributed by atoms with Crippen molar-refractivity contribution < 1.29 is 17.9 Å². The molecule has 0 bridgehead atoms. The number of thioether (sulfide) groups is 1. The van der Waals surface area contributed by atoms with E-state index in [1.807, 2.05) is 49.9 Å². The van der Waals surface area contributed by atoms with E-state index >= 15 is 0 Å². The molecule has 0 N–H and O–H groups in total. The number of ether oxygens (including phenoxy) is 1. The third-order valence-electron chi connectivity index (χ3n) is 4.81. The number of sulfone groups is 1. The molecule has 148 valence electrons. The molecule has 2 aliphatic heterocycles. The van der Waals surface area contributed by atoms with Crippen LogP contribution in [0.4, 0.5) is 0 Å². The number of fused-ring (bicyclic) bond motifs is 1. The molecule has 0 saturated carbocycles. The Hall–Kier alpha value is -1.54. The van der Waals surface area contributed by atoms with Crippen LogP contribution < -0.4 is 4.74 Å². The molecule has 0 radical (unpaired) electrons. The van der Waals surface area contributed by atoms with Crippen molar-refractivity contribution in [3.63, 3.8) is 0 Å². The number of carbonyl (C=O) groups is 1. The number of aliphatic imine (C=N–C) groups is 1. The van der Waals surface area contributed by atoms with Crippen molar-refractivity contribution >= 4 is 32.7 Å². The fraction of sp³-hybridized carbons (Fsp3) is 0.579. The predicted octanol–water partition coefficient (Wildman–Crippen LogP) is 2.38. The van der Waals surface area contributed by atoms with Gasteiger partial charge in [-0.3, -0.25) is 4.79 Å². The van der Waals surface area contributed by atoms with Gasteiger partial charge in [-0.25, -0.2) is 8.42 Å².